The molecule has 1 saturated carbocycles. The first-order chi connectivity index (χ1) is 14.7. The minimum Gasteiger partial charge on any atom is -0.330 e. The quantitative estimate of drug-likeness (QED) is 0.377. The molecule has 8 nitrogen and oxygen atoms in total. The minimum absolute atomic E-state index is 0.0918. The normalized spacial score (nSPS) is 17.5. The highest BCUT2D eigenvalue weighted by Crippen LogP contribution is 2.41. The molecule has 156 valence electrons. The summed E-state index contributed by atoms with van der Waals surface area (Å²) >= 11 is 2.86. The molecule has 2 heterocycles. The highest BCUT2D eigenvalue weighted by Gasteiger charge is 2.29. The highest BCUT2D eigenvalue weighted by atomic mass is 32.2. The van der Waals surface area contributed by atoms with Crippen LogP contribution in [0.5, 0.6) is 0 Å². The van der Waals surface area contributed by atoms with Crippen molar-refractivity contribution in [3.8, 4) is 22.5 Å². The van der Waals surface area contributed by atoms with Gasteiger partial charge < -0.3 is 10.0 Å². The monoisotopic (exact) mass is 459 g/mol. The summed E-state index contributed by atoms with van der Waals surface area (Å²) in [7, 11) is -1.16. The van der Waals surface area contributed by atoms with Gasteiger partial charge in [-0.15, -0.1) is 10.2 Å². The van der Waals surface area contributed by atoms with E-state index in [9.17, 15) is 4.21 Å². The van der Waals surface area contributed by atoms with E-state index in [2.05, 4.69) is 54.9 Å². The first-order valence-electron chi connectivity index (χ1n) is 9.65. The van der Waals surface area contributed by atoms with Gasteiger partial charge in [-0.05, 0) is 71.3 Å². The Morgan fingerprint density at radius 2 is 1.93 bits per heavy atom. The van der Waals surface area contributed by atoms with E-state index < -0.39 is 10.8 Å². The maximum atomic E-state index is 13.1. The molecule has 2 aliphatic rings. The minimum atomic E-state index is -1.16. The predicted octanol–water partition coefficient (Wildman–Crippen LogP) is 2.80. The second kappa shape index (κ2) is 8.67. The van der Waals surface area contributed by atoms with Crippen LogP contribution >= 0.6 is 23.9 Å². The van der Waals surface area contributed by atoms with Gasteiger partial charge >= 0.3 is 0 Å². The Morgan fingerprint density at radius 3 is 2.53 bits per heavy atom. The second-order valence-electron chi connectivity index (χ2n) is 7.24. The third kappa shape index (κ3) is 4.00. The standard InChI is InChI=1S/C19H21N7OS3/c20-28-18-16(30(27)14-9-21-10-14)8-7-15(17(18)19-22-25-26-23-19)11-1-3-12(4-2-11)24-29-13-5-6-13/h1-4,7-8,13-14,21,24H,5-6,9-10,20H2,(H,22,23,25,26). The fraction of sp³-hybridized carbons (Fsp3) is 0.316. The highest BCUT2D eigenvalue weighted by molar-refractivity contribution is 8.01. The molecule has 2 aromatic carbocycles. The Bertz CT molecular complexity index is 1050. The molecule has 5 N–H and O–H groups in total. The van der Waals surface area contributed by atoms with Crippen molar-refractivity contribution in [1.82, 2.24) is 25.9 Å². The van der Waals surface area contributed by atoms with Crippen LogP contribution in [-0.4, -0.2) is 48.4 Å². The van der Waals surface area contributed by atoms with E-state index in [0.717, 1.165) is 62.5 Å². The SMILES string of the molecule is NSc1c(S(=O)C2CNC2)ccc(-c2ccc(NSC3CC3)cc2)c1-c1nn[nH]n1. The molecule has 1 unspecified atom stereocenters. The average molecular weight is 460 g/mol. The summed E-state index contributed by atoms with van der Waals surface area (Å²) in [5.41, 5.74) is 3.76. The Labute approximate surface area is 185 Å². The lowest BCUT2D eigenvalue weighted by atomic mass is 9.99. The molecule has 2 fully saturated rings. The number of tetrazole rings is 1. The van der Waals surface area contributed by atoms with Crippen LogP contribution in [0.1, 0.15) is 12.8 Å². The maximum absolute atomic E-state index is 13.1. The number of hydrogen-bond donors (Lipinski definition) is 4. The summed E-state index contributed by atoms with van der Waals surface area (Å²) in [5, 5.41) is 24.7. The van der Waals surface area contributed by atoms with E-state index in [1.807, 2.05) is 12.1 Å². The number of rotatable bonds is 8. The number of aromatic nitrogens is 4. The summed E-state index contributed by atoms with van der Waals surface area (Å²) in [6, 6.07) is 12.1. The van der Waals surface area contributed by atoms with Gasteiger partial charge in [0.2, 0.25) is 5.82 Å². The number of nitrogens with zero attached hydrogens (tertiary/aromatic N) is 3. The van der Waals surface area contributed by atoms with Crippen molar-refractivity contribution >= 4 is 40.4 Å². The van der Waals surface area contributed by atoms with Crippen LogP contribution in [0, 0.1) is 0 Å². The van der Waals surface area contributed by atoms with Gasteiger partial charge in [0.25, 0.3) is 0 Å². The van der Waals surface area contributed by atoms with E-state index in [1.54, 1.807) is 11.9 Å². The molecule has 30 heavy (non-hydrogen) atoms. The van der Waals surface area contributed by atoms with Gasteiger partial charge in [0.1, 0.15) is 0 Å². The zero-order valence-corrected chi connectivity index (χ0v) is 18.4. The summed E-state index contributed by atoms with van der Waals surface area (Å²) < 4.78 is 16.5. The van der Waals surface area contributed by atoms with Crippen molar-refractivity contribution in [2.24, 2.45) is 5.14 Å². The van der Waals surface area contributed by atoms with Crippen LogP contribution in [0.2, 0.25) is 0 Å². The first-order valence-corrected chi connectivity index (χ1v) is 12.6. The molecule has 1 saturated heterocycles. The predicted molar refractivity (Wildman–Crippen MR) is 122 cm³/mol. The number of anilines is 1. The smallest absolute Gasteiger partial charge is 0.206 e. The molecule has 0 radical (unpaired) electrons. The summed E-state index contributed by atoms with van der Waals surface area (Å²) in [6.45, 7) is 1.49. The molecule has 1 aliphatic heterocycles. The molecule has 5 rings (SSSR count). The number of benzene rings is 2. The van der Waals surface area contributed by atoms with Crippen molar-refractivity contribution in [1.29, 1.82) is 0 Å². The van der Waals surface area contributed by atoms with Gasteiger partial charge in [-0.1, -0.05) is 18.2 Å². The third-order valence-corrected chi connectivity index (χ3v) is 8.80. The molecule has 1 aliphatic carbocycles. The average Bonchev–Trinajstić information content (AvgIpc) is 3.41. The number of nitrogens with two attached hydrogens (primary N) is 1. The first kappa shape index (κ1) is 20.0. The number of hydrogen-bond acceptors (Lipinski definition) is 9. The largest absolute Gasteiger partial charge is 0.330 e. The molecular weight excluding hydrogens is 438 g/mol. The van der Waals surface area contributed by atoms with Crippen LogP contribution in [0.25, 0.3) is 22.5 Å². The lowest BCUT2D eigenvalue weighted by molar-refractivity contribution is 0.525. The van der Waals surface area contributed by atoms with Crippen LogP contribution in [-0.2, 0) is 10.8 Å². The Balaban J connectivity index is 1.54. The van der Waals surface area contributed by atoms with Crippen LogP contribution in [0.15, 0.2) is 46.2 Å². The fourth-order valence-corrected chi connectivity index (χ4v) is 6.31. The van der Waals surface area contributed by atoms with Crippen molar-refractivity contribution in [3.63, 3.8) is 0 Å². The van der Waals surface area contributed by atoms with Gasteiger partial charge in [0, 0.05) is 29.6 Å². The van der Waals surface area contributed by atoms with E-state index in [0.29, 0.717) is 5.82 Å². The topological polar surface area (TPSA) is 122 Å². The number of nitrogens with one attached hydrogen (secondary N) is 3. The summed E-state index contributed by atoms with van der Waals surface area (Å²) in [4.78, 5) is 1.45. The number of H-pyrrole nitrogens is 1. The second-order valence-corrected chi connectivity index (χ2v) is 10.7. The molecule has 3 aromatic rings. The fourth-order valence-electron chi connectivity index (χ4n) is 3.22. The van der Waals surface area contributed by atoms with Crippen LogP contribution in [0.4, 0.5) is 5.69 Å². The van der Waals surface area contributed by atoms with E-state index in [4.69, 9.17) is 5.14 Å². The van der Waals surface area contributed by atoms with E-state index in [-0.39, 0.29) is 5.25 Å². The molecule has 0 spiro atoms. The van der Waals surface area contributed by atoms with Gasteiger partial charge in [-0.2, -0.15) is 5.21 Å². The van der Waals surface area contributed by atoms with Crippen molar-refractivity contribution in [2.45, 2.75) is 33.1 Å². The van der Waals surface area contributed by atoms with Gasteiger partial charge in [0.15, 0.2) is 0 Å². The van der Waals surface area contributed by atoms with Gasteiger partial charge in [0.05, 0.1) is 25.8 Å². The van der Waals surface area contributed by atoms with Crippen LogP contribution in [0.3, 0.4) is 0 Å². The number of aromatic amines is 1. The Hall–Kier alpha value is -1.92. The van der Waals surface area contributed by atoms with Gasteiger partial charge in [-0.25, -0.2) is 0 Å². The van der Waals surface area contributed by atoms with E-state index in [1.165, 1.54) is 12.8 Å². The Kier molecular flexibility index (Phi) is 5.79. The van der Waals surface area contributed by atoms with E-state index >= 15 is 0 Å². The lowest BCUT2D eigenvalue weighted by Crippen LogP contribution is -2.49. The molecule has 1 atom stereocenters. The van der Waals surface area contributed by atoms with Gasteiger partial charge in [-0.3, -0.25) is 9.35 Å². The molecular formula is C19H21N7OS3. The maximum Gasteiger partial charge on any atom is 0.206 e. The lowest BCUT2D eigenvalue weighted by Gasteiger charge is -2.27. The summed E-state index contributed by atoms with van der Waals surface area (Å²) in [5.74, 6) is 0.440. The molecule has 0 bridgehead atoms. The van der Waals surface area contributed by atoms with Crippen molar-refractivity contribution < 1.29 is 4.21 Å². The van der Waals surface area contributed by atoms with Crippen molar-refractivity contribution in [2.75, 3.05) is 17.8 Å². The zero-order chi connectivity index (χ0) is 20.5. The molecule has 0 amide bonds. The third-order valence-electron chi connectivity index (χ3n) is 5.14. The Morgan fingerprint density at radius 1 is 1.13 bits per heavy atom. The zero-order valence-electron chi connectivity index (χ0n) is 16.0. The summed E-state index contributed by atoms with van der Waals surface area (Å²) in [6.07, 6.45) is 2.57. The molecule has 11 heteroatoms. The molecule has 1 aromatic heterocycles. The van der Waals surface area contributed by atoms with Crippen LogP contribution < -0.4 is 15.2 Å². The van der Waals surface area contributed by atoms with Crippen molar-refractivity contribution in [3.05, 3.63) is 36.4 Å².